The smallest absolute Gasteiger partial charge is 0.425 e. The second kappa shape index (κ2) is 8.86. The predicted octanol–water partition coefficient (Wildman–Crippen LogP) is 2.54. The fraction of sp³-hybridized carbons (Fsp3) is 0.588. The maximum atomic E-state index is 12.6. The van der Waals surface area contributed by atoms with Gasteiger partial charge in [-0.3, -0.25) is 9.59 Å². The molecule has 0 saturated carbocycles. The molecule has 9 heteroatoms. The Kier molecular flexibility index (Phi) is 6.82. The molecule has 26 heavy (non-hydrogen) atoms. The summed E-state index contributed by atoms with van der Waals surface area (Å²) >= 11 is 0. The molecule has 0 aliphatic carbocycles. The molecule has 1 N–H and O–H groups in total. The third-order valence-corrected chi connectivity index (χ3v) is 4.10. The molecule has 1 atom stereocenters. The van der Waals surface area contributed by atoms with E-state index in [4.69, 9.17) is 4.74 Å². The van der Waals surface area contributed by atoms with E-state index < -0.39 is 24.1 Å². The van der Waals surface area contributed by atoms with Crippen LogP contribution in [0.3, 0.4) is 0 Å². The van der Waals surface area contributed by atoms with Crippen molar-refractivity contribution in [3.8, 4) is 5.88 Å². The molecule has 0 aromatic carbocycles. The average Bonchev–Trinajstić information content (AvgIpc) is 2.62. The molecule has 2 heterocycles. The number of alkyl halides is 3. The van der Waals surface area contributed by atoms with Crippen molar-refractivity contribution in [2.45, 2.75) is 44.9 Å². The van der Waals surface area contributed by atoms with Gasteiger partial charge in [0.2, 0.25) is 11.8 Å². The molecule has 1 aliphatic rings. The lowest BCUT2D eigenvalue weighted by molar-refractivity contribution is -0.190. The lowest BCUT2D eigenvalue weighted by Crippen LogP contribution is -2.38. The van der Waals surface area contributed by atoms with Crippen LogP contribution in [0.1, 0.15) is 43.0 Å². The topological polar surface area (TPSA) is 71.5 Å². The van der Waals surface area contributed by atoms with Crippen LogP contribution in [-0.2, 0) is 4.79 Å². The van der Waals surface area contributed by atoms with Crippen molar-refractivity contribution in [1.82, 2.24) is 15.2 Å². The van der Waals surface area contributed by atoms with E-state index in [1.54, 1.807) is 4.90 Å². The van der Waals surface area contributed by atoms with Crippen molar-refractivity contribution < 1.29 is 27.5 Å². The number of ether oxygens (including phenoxy) is 1. The molecule has 2 amide bonds. The van der Waals surface area contributed by atoms with E-state index in [0.29, 0.717) is 0 Å². The number of carbonyl (C=O) groups excluding carboxylic acids is 2. The monoisotopic (exact) mass is 373 g/mol. The highest BCUT2D eigenvalue weighted by atomic mass is 19.4. The molecule has 0 radical (unpaired) electrons. The number of aromatic nitrogens is 1. The molecule has 6 nitrogen and oxygen atoms in total. The zero-order valence-corrected chi connectivity index (χ0v) is 14.5. The van der Waals surface area contributed by atoms with E-state index in [1.807, 2.05) is 0 Å². The molecule has 1 saturated heterocycles. The van der Waals surface area contributed by atoms with E-state index in [1.165, 1.54) is 18.3 Å². The van der Waals surface area contributed by atoms with Crippen molar-refractivity contribution in [3.05, 3.63) is 23.9 Å². The maximum absolute atomic E-state index is 12.6. The van der Waals surface area contributed by atoms with Crippen LogP contribution in [0.2, 0.25) is 0 Å². The van der Waals surface area contributed by atoms with Gasteiger partial charge >= 0.3 is 6.18 Å². The molecule has 1 aromatic heterocycles. The van der Waals surface area contributed by atoms with E-state index in [2.05, 4.69) is 10.3 Å². The Balaban J connectivity index is 1.90. The first kappa shape index (κ1) is 20.0. The van der Waals surface area contributed by atoms with Crippen LogP contribution in [0.25, 0.3) is 0 Å². The summed E-state index contributed by atoms with van der Waals surface area (Å²) in [5.41, 5.74) is -0.103. The van der Waals surface area contributed by atoms with E-state index >= 15 is 0 Å². The second-order valence-corrected chi connectivity index (χ2v) is 6.11. The highest BCUT2D eigenvalue weighted by Crippen LogP contribution is 2.25. The summed E-state index contributed by atoms with van der Waals surface area (Å²) in [4.78, 5) is 29.7. The van der Waals surface area contributed by atoms with Crippen molar-refractivity contribution in [3.63, 3.8) is 0 Å². The van der Waals surface area contributed by atoms with Crippen LogP contribution in [-0.4, -0.2) is 53.6 Å². The molecule has 1 aromatic rings. The minimum atomic E-state index is -4.56. The van der Waals surface area contributed by atoms with Crippen LogP contribution < -0.4 is 10.1 Å². The summed E-state index contributed by atoms with van der Waals surface area (Å²) in [6.07, 6.45) is -2.20. The van der Waals surface area contributed by atoms with Gasteiger partial charge in [-0.2, -0.15) is 13.2 Å². The van der Waals surface area contributed by atoms with Gasteiger partial charge in [-0.05, 0) is 38.3 Å². The third-order valence-electron chi connectivity index (χ3n) is 4.10. The fourth-order valence-electron chi connectivity index (χ4n) is 2.57. The van der Waals surface area contributed by atoms with Gasteiger partial charge in [0, 0.05) is 32.3 Å². The van der Waals surface area contributed by atoms with Gasteiger partial charge < -0.3 is 15.0 Å². The van der Waals surface area contributed by atoms with Gasteiger partial charge in [0.1, 0.15) is 5.56 Å². The number of hydrogen-bond acceptors (Lipinski definition) is 4. The minimum Gasteiger partial charge on any atom is -0.464 e. The molecule has 1 unspecified atom stereocenters. The number of hydrogen-bond donors (Lipinski definition) is 1. The van der Waals surface area contributed by atoms with Crippen LogP contribution in [0, 0.1) is 0 Å². The maximum Gasteiger partial charge on any atom is 0.425 e. The van der Waals surface area contributed by atoms with Crippen molar-refractivity contribution in [2.75, 3.05) is 19.6 Å². The SMILES string of the molecule is CC(Oc1ncccc1C(=O)NCCC(=O)N1CCCCC1)C(F)(F)F. The number of piperidine rings is 1. The van der Waals surface area contributed by atoms with Crippen molar-refractivity contribution in [2.24, 2.45) is 0 Å². The van der Waals surface area contributed by atoms with Crippen molar-refractivity contribution in [1.29, 1.82) is 0 Å². The minimum absolute atomic E-state index is 0.0432. The van der Waals surface area contributed by atoms with Gasteiger partial charge in [-0.15, -0.1) is 0 Å². The zero-order chi connectivity index (χ0) is 19.2. The number of nitrogens with zero attached hydrogens (tertiary/aromatic N) is 2. The van der Waals surface area contributed by atoms with E-state index in [0.717, 1.165) is 39.3 Å². The summed E-state index contributed by atoms with van der Waals surface area (Å²) in [5, 5.41) is 2.53. The number of pyridine rings is 1. The summed E-state index contributed by atoms with van der Waals surface area (Å²) in [7, 11) is 0. The molecule has 1 fully saturated rings. The van der Waals surface area contributed by atoms with Gasteiger partial charge in [-0.25, -0.2) is 4.98 Å². The quantitative estimate of drug-likeness (QED) is 0.832. The molecule has 144 valence electrons. The van der Waals surface area contributed by atoms with Crippen LogP contribution in [0.4, 0.5) is 13.2 Å². The zero-order valence-electron chi connectivity index (χ0n) is 14.5. The number of nitrogens with one attached hydrogen (secondary N) is 1. The predicted molar refractivity (Wildman–Crippen MR) is 87.8 cm³/mol. The normalized spacial score (nSPS) is 16.1. The Morgan fingerprint density at radius 1 is 1.31 bits per heavy atom. The molecule has 2 rings (SSSR count). The molecular weight excluding hydrogens is 351 g/mol. The van der Waals surface area contributed by atoms with Gasteiger partial charge in [0.15, 0.2) is 6.10 Å². The Labute approximate surface area is 149 Å². The highest BCUT2D eigenvalue weighted by molar-refractivity contribution is 5.96. The van der Waals surface area contributed by atoms with Crippen LogP contribution in [0.15, 0.2) is 18.3 Å². The van der Waals surface area contributed by atoms with E-state index in [9.17, 15) is 22.8 Å². The number of likely N-dealkylation sites (tertiary alicyclic amines) is 1. The Bertz CT molecular complexity index is 631. The lowest BCUT2D eigenvalue weighted by Gasteiger charge is -2.26. The molecular formula is C17H22F3N3O3. The highest BCUT2D eigenvalue weighted by Gasteiger charge is 2.39. The van der Waals surface area contributed by atoms with Crippen LogP contribution >= 0.6 is 0 Å². The molecule has 1 aliphatic heterocycles. The summed E-state index contributed by atoms with van der Waals surface area (Å²) < 4.78 is 42.7. The van der Waals surface area contributed by atoms with Gasteiger partial charge in [0.25, 0.3) is 5.91 Å². The van der Waals surface area contributed by atoms with Gasteiger partial charge in [-0.1, -0.05) is 0 Å². The number of rotatable bonds is 6. The fourth-order valence-corrected chi connectivity index (χ4v) is 2.57. The Morgan fingerprint density at radius 2 is 2.00 bits per heavy atom. The summed E-state index contributed by atoms with van der Waals surface area (Å²) in [6.45, 7) is 2.39. The standard InChI is InChI=1S/C17H22F3N3O3/c1-12(17(18,19)20)26-16-13(6-5-8-22-16)15(25)21-9-7-14(24)23-10-3-2-4-11-23/h5-6,8,12H,2-4,7,9-11H2,1H3,(H,21,25). The molecule has 0 spiro atoms. The Morgan fingerprint density at radius 3 is 2.65 bits per heavy atom. The number of carbonyl (C=O) groups is 2. The Hall–Kier alpha value is -2.32. The third kappa shape index (κ3) is 5.60. The summed E-state index contributed by atoms with van der Waals surface area (Å²) in [5.74, 6) is -1.07. The lowest BCUT2D eigenvalue weighted by atomic mass is 10.1. The average molecular weight is 373 g/mol. The largest absolute Gasteiger partial charge is 0.464 e. The van der Waals surface area contributed by atoms with E-state index in [-0.39, 0.29) is 24.4 Å². The first-order chi connectivity index (χ1) is 12.3. The number of halogens is 3. The first-order valence-electron chi connectivity index (χ1n) is 8.53. The first-order valence-corrected chi connectivity index (χ1v) is 8.53. The number of amides is 2. The van der Waals surface area contributed by atoms with Gasteiger partial charge in [0.05, 0.1) is 0 Å². The molecule has 0 bridgehead atoms. The second-order valence-electron chi connectivity index (χ2n) is 6.11. The van der Waals surface area contributed by atoms with Crippen LogP contribution in [0.5, 0.6) is 5.88 Å². The van der Waals surface area contributed by atoms with Crippen molar-refractivity contribution >= 4 is 11.8 Å². The summed E-state index contributed by atoms with van der Waals surface area (Å²) in [6, 6.07) is 2.76.